The van der Waals surface area contributed by atoms with Gasteiger partial charge in [-0.1, -0.05) is 70.7 Å². The normalized spacial score (nSPS) is 10.6. The maximum Gasteiger partial charge on any atom is 0.153 e. The number of aromatic nitrogens is 3. The number of hydrogen-bond acceptors (Lipinski definition) is 5. The van der Waals surface area contributed by atoms with Crippen molar-refractivity contribution < 1.29 is 9.59 Å². The van der Waals surface area contributed by atoms with Gasteiger partial charge in [0.25, 0.3) is 0 Å². The molecule has 0 saturated heterocycles. The van der Waals surface area contributed by atoms with Crippen molar-refractivity contribution in [3.05, 3.63) is 98.3 Å². The summed E-state index contributed by atoms with van der Waals surface area (Å²) in [5.74, 6) is 0. The number of rotatable bonds is 3. The molecule has 5 nitrogen and oxygen atoms in total. The molecule has 168 valence electrons. The van der Waals surface area contributed by atoms with E-state index >= 15 is 0 Å². The Morgan fingerprint density at radius 3 is 1.82 bits per heavy atom. The number of hydrogen-bond donors (Lipinski definition) is 0. The predicted octanol–water partition coefficient (Wildman–Crippen LogP) is 7.77. The van der Waals surface area contributed by atoms with Crippen LogP contribution in [0, 0.1) is 0 Å². The first kappa shape index (κ1) is 24.0. The number of halogens is 4. The average Bonchev–Trinajstić information content (AvgIpc) is 2.85. The fraction of sp³-hybridized carbons (Fsp3) is 0. The first-order valence-electron chi connectivity index (χ1n) is 9.77. The molecule has 0 saturated carbocycles. The molecule has 34 heavy (non-hydrogen) atoms. The Hall–Kier alpha value is -3.09. The zero-order valence-electron chi connectivity index (χ0n) is 17.2. The van der Waals surface area contributed by atoms with Crippen molar-refractivity contribution in [1.29, 1.82) is 0 Å². The number of carbonyl (C=O) groups excluding carboxylic acids is 2. The van der Waals surface area contributed by atoms with E-state index in [1.165, 1.54) is 0 Å². The van der Waals surface area contributed by atoms with E-state index in [0.29, 0.717) is 49.3 Å². The minimum absolute atomic E-state index is 0.181. The largest absolute Gasteiger partial charge is 0.298 e. The summed E-state index contributed by atoms with van der Waals surface area (Å²) in [7, 11) is 0. The summed E-state index contributed by atoms with van der Waals surface area (Å²) in [6.45, 7) is 0. The molecule has 5 rings (SSSR count). The van der Waals surface area contributed by atoms with E-state index in [-0.39, 0.29) is 5.15 Å². The zero-order chi connectivity index (χ0) is 24.2. The van der Waals surface area contributed by atoms with E-state index in [0.717, 1.165) is 22.6 Å². The Balaban J connectivity index is 0.000000172. The van der Waals surface area contributed by atoms with Crippen LogP contribution in [0.1, 0.15) is 20.7 Å². The highest BCUT2D eigenvalue weighted by molar-refractivity contribution is 6.36. The van der Waals surface area contributed by atoms with Crippen molar-refractivity contribution in [3.63, 3.8) is 0 Å². The predicted molar refractivity (Wildman–Crippen MR) is 138 cm³/mol. The summed E-state index contributed by atoms with van der Waals surface area (Å²) in [4.78, 5) is 34.4. The van der Waals surface area contributed by atoms with Crippen LogP contribution in [0.5, 0.6) is 0 Å². The molecule has 0 radical (unpaired) electrons. The van der Waals surface area contributed by atoms with Gasteiger partial charge in [0, 0.05) is 28.1 Å². The quantitative estimate of drug-likeness (QED) is 0.176. The van der Waals surface area contributed by atoms with Gasteiger partial charge >= 0.3 is 0 Å². The van der Waals surface area contributed by atoms with Crippen LogP contribution >= 0.6 is 46.4 Å². The van der Waals surface area contributed by atoms with Gasteiger partial charge in [-0.2, -0.15) is 0 Å². The van der Waals surface area contributed by atoms with Gasteiger partial charge in [0.2, 0.25) is 0 Å². The molecule has 5 aromatic rings. The van der Waals surface area contributed by atoms with Gasteiger partial charge in [0.15, 0.2) is 12.6 Å². The van der Waals surface area contributed by atoms with Crippen LogP contribution in [0.2, 0.25) is 20.4 Å². The van der Waals surface area contributed by atoms with Gasteiger partial charge < -0.3 is 0 Å². The van der Waals surface area contributed by atoms with E-state index in [1.54, 1.807) is 48.7 Å². The number of nitrogens with zero attached hydrogens (tertiary/aromatic N) is 3. The van der Waals surface area contributed by atoms with E-state index in [1.807, 2.05) is 18.2 Å². The third-order valence-corrected chi connectivity index (χ3v) is 5.99. The molecule has 0 atom stereocenters. The lowest BCUT2D eigenvalue weighted by molar-refractivity contribution is 0.111. The van der Waals surface area contributed by atoms with Crippen molar-refractivity contribution >= 4 is 80.8 Å². The number of fused-ring (bicyclic) bond motifs is 2. The molecule has 0 bridgehead atoms. The third kappa shape index (κ3) is 5.03. The van der Waals surface area contributed by atoms with Crippen LogP contribution in [-0.2, 0) is 0 Å². The number of benzene rings is 2. The lowest BCUT2D eigenvalue weighted by atomic mass is 10.1. The summed E-state index contributed by atoms with van der Waals surface area (Å²) in [5.41, 5.74) is 3.41. The molecule has 0 aliphatic rings. The van der Waals surface area contributed by atoms with Gasteiger partial charge in [-0.15, -0.1) is 0 Å². The fourth-order valence-corrected chi connectivity index (χ4v) is 4.00. The Morgan fingerprint density at radius 1 is 0.676 bits per heavy atom. The molecule has 9 heteroatoms. The summed E-state index contributed by atoms with van der Waals surface area (Å²) >= 11 is 23.6. The second kappa shape index (κ2) is 10.5. The van der Waals surface area contributed by atoms with Crippen molar-refractivity contribution in [3.8, 4) is 11.3 Å². The van der Waals surface area contributed by atoms with Gasteiger partial charge in [-0.3, -0.25) is 9.59 Å². The summed E-state index contributed by atoms with van der Waals surface area (Å²) in [5, 5.41) is 3.28. The van der Waals surface area contributed by atoms with E-state index in [4.69, 9.17) is 46.4 Å². The molecule has 0 aliphatic carbocycles. The van der Waals surface area contributed by atoms with Gasteiger partial charge in [-0.25, -0.2) is 15.0 Å². The smallest absolute Gasteiger partial charge is 0.153 e. The van der Waals surface area contributed by atoms with Gasteiger partial charge in [-0.05, 0) is 36.4 Å². The van der Waals surface area contributed by atoms with Crippen molar-refractivity contribution in [1.82, 2.24) is 15.0 Å². The first-order valence-corrected chi connectivity index (χ1v) is 11.3. The molecule has 0 N–H and O–H groups in total. The topological polar surface area (TPSA) is 72.8 Å². The second-order valence-electron chi connectivity index (χ2n) is 7.02. The average molecular weight is 529 g/mol. The van der Waals surface area contributed by atoms with Crippen LogP contribution in [0.25, 0.3) is 33.1 Å². The third-order valence-electron chi connectivity index (χ3n) is 4.86. The molecular weight excluding hydrogens is 516 g/mol. The van der Waals surface area contributed by atoms with E-state index in [2.05, 4.69) is 15.0 Å². The minimum Gasteiger partial charge on any atom is -0.298 e. The lowest BCUT2D eigenvalue weighted by Gasteiger charge is -2.07. The Labute approximate surface area is 214 Å². The van der Waals surface area contributed by atoms with E-state index < -0.39 is 0 Å². The number of pyridine rings is 3. The van der Waals surface area contributed by atoms with Crippen LogP contribution in [0.4, 0.5) is 0 Å². The van der Waals surface area contributed by atoms with Gasteiger partial charge in [0.05, 0.1) is 32.3 Å². The monoisotopic (exact) mass is 527 g/mol. The van der Waals surface area contributed by atoms with Crippen LogP contribution in [0.15, 0.2) is 66.9 Å². The zero-order valence-corrected chi connectivity index (χ0v) is 20.2. The van der Waals surface area contributed by atoms with Crippen molar-refractivity contribution in [2.75, 3.05) is 0 Å². The molecule has 0 fully saturated rings. The SMILES string of the molecule is O=Cc1cc2cccc(Cl)c2nc1-c1ccc(Cl)nc1.O=Cc1cc2cccc(Cl)c2nc1Cl. The van der Waals surface area contributed by atoms with Crippen LogP contribution < -0.4 is 0 Å². The number of carbonyl (C=O) groups is 2. The highest BCUT2D eigenvalue weighted by atomic mass is 35.5. The number of aldehydes is 2. The Bertz CT molecular complexity index is 1540. The number of para-hydroxylation sites is 2. The Kier molecular flexibility index (Phi) is 7.39. The van der Waals surface area contributed by atoms with Crippen LogP contribution in [-0.4, -0.2) is 27.5 Å². The van der Waals surface area contributed by atoms with Crippen LogP contribution in [0.3, 0.4) is 0 Å². The Morgan fingerprint density at radius 2 is 1.26 bits per heavy atom. The fourth-order valence-electron chi connectivity index (χ4n) is 3.25. The maximum absolute atomic E-state index is 11.3. The standard InChI is InChI=1S/C15H8Cl2N2O.C10H5Cl2NO/c16-12-3-1-2-9-6-11(8-20)14(19-15(9)12)10-4-5-13(17)18-7-10;11-8-3-1-2-6-4-7(5-14)10(12)13-9(6)8/h1-8H;1-5H. The van der Waals surface area contributed by atoms with E-state index in [9.17, 15) is 9.59 Å². The summed E-state index contributed by atoms with van der Waals surface area (Å²) < 4.78 is 0. The van der Waals surface area contributed by atoms with Crippen molar-refractivity contribution in [2.45, 2.75) is 0 Å². The van der Waals surface area contributed by atoms with Gasteiger partial charge in [0.1, 0.15) is 10.3 Å². The lowest BCUT2D eigenvalue weighted by Crippen LogP contribution is -1.94. The highest BCUT2D eigenvalue weighted by Crippen LogP contribution is 2.28. The summed E-state index contributed by atoms with van der Waals surface area (Å²) in [6, 6.07) is 17.7. The molecule has 0 amide bonds. The minimum atomic E-state index is 0.181. The molecule has 2 aromatic carbocycles. The molecule has 0 unspecified atom stereocenters. The second-order valence-corrected chi connectivity index (χ2v) is 8.58. The maximum atomic E-state index is 11.3. The molecular formula is C25H13Cl4N3O2. The molecule has 0 spiro atoms. The molecule has 0 aliphatic heterocycles. The summed E-state index contributed by atoms with van der Waals surface area (Å²) in [6.07, 6.45) is 3.04. The molecule has 3 aromatic heterocycles. The highest BCUT2D eigenvalue weighted by Gasteiger charge is 2.11. The molecule has 3 heterocycles. The first-order chi connectivity index (χ1) is 16.4. The van der Waals surface area contributed by atoms with Crippen molar-refractivity contribution in [2.24, 2.45) is 0 Å².